The monoisotopic (exact) mass is 429 g/mol. The number of rotatable bonds is 4. The number of nitrogens with one attached hydrogen (secondary N) is 1. The van der Waals surface area contributed by atoms with Crippen molar-refractivity contribution in [1.29, 1.82) is 0 Å². The molecule has 0 aliphatic rings. The second-order valence-electron chi connectivity index (χ2n) is 6.89. The molecule has 2 aromatic heterocycles. The number of anilines is 1. The van der Waals surface area contributed by atoms with Gasteiger partial charge in [-0.2, -0.15) is 4.98 Å². The molecule has 0 fully saturated rings. The first-order valence-corrected chi connectivity index (χ1v) is 9.90. The number of hydrogen-bond donors (Lipinski definition) is 1. The number of methoxy groups -OCH3 is 1. The summed E-state index contributed by atoms with van der Waals surface area (Å²) in [7, 11) is 1.54. The highest BCUT2D eigenvalue weighted by atomic mass is 35.5. The van der Waals surface area contributed by atoms with Crippen LogP contribution in [0.4, 0.5) is 5.69 Å². The van der Waals surface area contributed by atoms with E-state index in [2.05, 4.69) is 15.3 Å². The minimum absolute atomic E-state index is 0.296. The number of oxazole rings is 1. The minimum atomic E-state index is -0.296. The van der Waals surface area contributed by atoms with Crippen LogP contribution in [0.5, 0.6) is 5.75 Å². The molecule has 1 amide bonds. The zero-order valence-electron chi connectivity index (χ0n) is 16.4. The van der Waals surface area contributed by atoms with E-state index in [1.54, 1.807) is 43.6 Å². The summed E-state index contributed by atoms with van der Waals surface area (Å²) < 4.78 is 11.2. The van der Waals surface area contributed by atoms with E-state index in [0.29, 0.717) is 44.7 Å². The third kappa shape index (κ3) is 3.58. The van der Waals surface area contributed by atoms with E-state index >= 15 is 0 Å². The van der Waals surface area contributed by atoms with Gasteiger partial charge in [0.1, 0.15) is 5.75 Å². The Morgan fingerprint density at radius 2 is 1.84 bits per heavy atom. The molecule has 0 spiro atoms. The van der Waals surface area contributed by atoms with Crippen LogP contribution in [-0.4, -0.2) is 23.0 Å². The molecule has 0 bridgehead atoms. The second kappa shape index (κ2) is 7.74. The van der Waals surface area contributed by atoms with Crippen molar-refractivity contribution in [3.05, 3.63) is 83.5 Å². The van der Waals surface area contributed by atoms with E-state index in [4.69, 9.17) is 20.8 Å². The Hall–Kier alpha value is -3.90. The molecule has 3 aromatic carbocycles. The second-order valence-corrected chi connectivity index (χ2v) is 7.30. The van der Waals surface area contributed by atoms with Gasteiger partial charge in [-0.1, -0.05) is 35.9 Å². The van der Waals surface area contributed by atoms with Gasteiger partial charge in [0.2, 0.25) is 5.89 Å². The lowest BCUT2D eigenvalue weighted by atomic mass is 10.1. The van der Waals surface area contributed by atoms with Crippen LogP contribution in [0.15, 0.2) is 77.3 Å². The predicted octanol–water partition coefficient (Wildman–Crippen LogP) is 5.96. The van der Waals surface area contributed by atoms with Crippen molar-refractivity contribution in [3.8, 4) is 17.2 Å². The van der Waals surface area contributed by atoms with Crippen molar-refractivity contribution in [1.82, 2.24) is 9.97 Å². The Kier molecular flexibility index (Phi) is 4.76. The van der Waals surface area contributed by atoms with Gasteiger partial charge < -0.3 is 14.5 Å². The van der Waals surface area contributed by atoms with E-state index in [1.165, 1.54) is 0 Å². The lowest BCUT2D eigenvalue weighted by Crippen LogP contribution is -2.13. The molecule has 5 rings (SSSR count). The lowest BCUT2D eigenvalue weighted by Gasteiger charge is -2.12. The van der Waals surface area contributed by atoms with Gasteiger partial charge in [0.25, 0.3) is 5.91 Å². The Bertz CT molecular complexity index is 1410. The third-order valence-electron chi connectivity index (χ3n) is 4.93. The zero-order chi connectivity index (χ0) is 21.4. The summed E-state index contributed by atoms with van der Waals surface area (Å²) >= 11 is 6.37. The molecule has 0 unspecified atom stereocenters. The van der Waals surface area contributed by atoms with Gasteiger partial charge in [0.05, 0.1) is 23.3 Å². The molecule has 0 aliphatic carbocycles. The summed E-state index contributed by atoms with van der Waals surface area (Å²) in [6.45, 7) is 0. The molecule has 0 atom stereocenters. The van der Waals surface area contributed by atoms with Gasteiger partial charge in [-0.3, -0.25) is 4.79 Å². The van der Waals surface area contributed by atoms with Gasteiger partial charge in [-0.15, -0.1) is 0 Å². The summed E-state index contributed by atoms with van der Waals surface area (Å²) in [5.74, 6) is 0.531. The first-order valence-electron chi connectivity index (χ1n) is 9.52. The molecule has 5 aromatic rings. The number of pyridine rings is 1. The Balaban J connectivity index is 1.50. The summed E-state index contributed by atoms with van der Waals surface area (Å²) in [4.78, 5) is 21.6. The van der Waals surface area contributed by atoms with Crippen LogP contribution in [0.2, 0.25) is 5.02 Å². The summed E-state index contributed by atoms with van der Waals surface area (Å²) in [6.07, 6.45) is 1.64. The van der Waals surface area contributed by atoms with Crippen molar-refractivity contribution < 1.29 is 13.9 Å². The molecule has 0 radical (unpaired) electrons. The highest BCUT2D eigenvalue weighted by molar-refractivity contribution is 6.33. The molecular formula is C24H16ClN3O3. The Morgan fingerprint density at radius 1 is 1.03 bits per heavy atom. The predicted molar refractivity (Wildman–Crippen MR) is 121 cm³/mol. The van der Waals surface area contributed by atoms with E-state index in [9.17, 15) is 4.79 Å². The lowest BCUT2D eigenvalue weighted by molar-refractivity contribution is 0.102. The number of aromatic nitrogens is 2. The molecule has 0 saturated carbocycles. The Labute approximate surface area is 182 Å². The number of carbonyl (C=O) groups excluding carboxylic acids is 1. The van der Waals surface area contributed by atoms with Crippen molar-refractivity contribution in [3.63, 3.8) is 0 Å². The summed E-state index contributed by atoms with van der Waals surface area (Å²) in [6, 6.07) is 20.1. The summed E-state index contributed by atoms with van der Waals surface area (Å²) in [5, 5.41) is 5.30. The molecule has 7 heteroatoms. The normalized spacial score (nSPS) is 11.0. The van der Waals surface area contributed by atoms with Gasteiger partial charge in [-0.25, -0.2) is 4.98 Å². The van der Waals surface area contributed by atoms with Crippen molar-refractivity contribution in [2.24, 2.45) is 0 Å². The average molecular weight is 430 g/mol. The quantitative estimate of drug-likeness (QED) is 0.381. The van der Waals surface area contributed by atoms with Crippen molar-refractivity contribution >= 4 is 45.2 Å². The standard InChI is InChI=1S/C24H16ClN3O3/c1-30-21-12-15-6-3-2-5-14(15)11-18(21)23(29)27-16-8-9-19(25)17(13-16)24-28-22-20(31-24)7-4-10-26-22/h2-13H,1H3,(H,27,29). The topological polar surface area (TPSA) is 77.2 Å². The van der Waals surface area contributed by atoms with Gasteiger partial charge in [-0.05, 0) is 53.2 Å². The number of benzene rings is 3. The van der Waals surface area contributed by atoms with E-state index in [0.717, 1.165) is 10.8 Å². The molecule has 0 aliphatic heterocycles. The van der Waals surface area contributed by atoms with E-state index in [1.807, 2.05) is 36.4 Å². The average Bonchev–Trinajstić information content (AvgIpc) is 3.23. The Morgan fingerprint density at radius 3 is 2.61 bits per heavy atom. The van der Waals surface area contributed by atoms with Gasteiger partial charge in [0, 0.05) is 11.9 Å². The van der Waals surface area contributed by atoms with E-state index < -0.39 is 0 Å². The third-order valence-corrected chi connectivity index (χ3v) is 5.26. The molecule has 152 valence electrons. The maximum Gasteiger partial charge on any atom is 0.259 e. The van der Waals surface area contributed by atoms with Crippen LogP contribution in [-0.2, 0) is 0 Å². The zero-order valence-corrected chi connectivity index (χ0v) is 17.2. The number of amides is 1. The molecule has 1 N–H and O–H groups in total. The molecule has 6 nitrogen and oxygen atoms in total. The number of ether oxygens (including phenoxy) is 1. The first kappa shape index (κ1) is 19.1. The molecule has 0 saturated heterocycles. The minimum Gasteiger partial charge on any atom is -0.496 e. The van der Waals surface area contributed by atoms with Crippen LogP contribution in [0.3, 0.4) is 0 Å². The fraction of sp³-hybridized carbons (Fsp3) is 0.0417. The highest BCUT2D eigenvalue weighted by Crippen LogP contribution is 2.33. The van der Waals surface area contributed by atoms with E-state index in [-0.39, 0.29) is 5.91 Å². The number of fused-ring (bicyclic) bond motifs is 2. The van der Waals surface area contributed by atoms with Crippen LogP contribution < -0.4 is 10.1 Å². The van der Waals surface area contributed by atoms with Crippen molar-refractivity contribution in [2.75, 3.05) is 12.4 Å². The van der Waals surface area contributed by atoms with Crippen molar-refractivity contribution in [2.45, 2.75) is 0 Å². The van der Waals surface area contributed by atoms with Crippen LogP contribution in [0.1, 0.15) is 10.4 Å². The maximum atomic E-state index is 13.0. The molecule has 31 heavy (non-hydrogen) atoms. The van der Waals surface area contributed by atoms with Crippen LogP contribution in [0, 0.1) is 0 Å². The maximum absolute atomic E-state index is 13.0. The number of halogens is 1. The molecular weight excluding hydrogens is 414 g/mol. The smallest absolute Gasteiger partial charge is 0.259 e. The fourth-order valence-corrected chi connectivity index (χ4v) is 3.61. The van der Waals surface area contributed by atoms with Gasteiger partial charge >= 0.3 is 0 Å². The fourth-order valence-electron chi connectivity index (χ4n) is 3.42. The van der Waals surface area contributed by atoms with Gasteiger partial charge in [0.15, 0.2) is 11.2 Å². The van der Waals surface area contributed by atoms with Crippen LogP contribution in [0.25, 0.3) is 33.5 Å². The SMILES string of the molecule is COc1cc2ccccc2cc1C(=O)Nc1ccc(Cl)c(-c2nc3ncccc3o2)c1. The van der Waals surface area contributed by atoms with Crippen LogP contribution >= 0.6 is 11.6 Å². The number of carbonyl (C=O) groups is 1. The number of hydrogen-bond acceptors (Lipinski definition) is 5. The highest BCUT2D eigenvalue weighted by Gasteiger charge is 2.17. The first-order chi connectivity index (χ1) is 15.1. The summed E-state index contributed by atoms with van der Waals surface area (Å²) in [5.41, 5.74) is 2.59. The largest absolute Gasteiger partial charge is 0.496 e. The number of nitrogens with zero attached hydrogens (tertiary/aromatic N) is 2. The molecule has 2 heterocycles.